The van der Waals surface area contributed by atoms with Crippen LogP contribution in [0.3, 0.4) is 0 Å². The number of carbonyl (C=O) groups is 2. The molecule has 3 amide bonds. The zero-order valence-corrected chi connectivity index (χ0v) is 17.3. The van der Waals surface area contributed by atoms with Crippen LogP contribution < -0.4 is 10.1 Å². The smallest absolute Gasteiger partial charge is 0.325 e. The van der Waals surface area contributed by atoms with E-state index in [0.717, 1.165) is 4.90 Å². The highest BCUT2D eigenvalue weighted by atomic mass is 16.5. The molecule has 29 heavy (non-hydrogen) atoms. The van der Waals surface area contributed by atoms with Crippen LogP contribution in [0.1, 0.15) is 38.8 Å². The number of urea groups is 1. The average molecular weight is 396 g/mol. The van der Waals surface area contributed by atoms with Gasteiger partial charge in [-0.1, -0.05) is 63.2 Å². The number of ether oxygens (including phenoxy) is 1. The highest BCUT2D eigenvalue weighted by molar-refractivity contribution is 6.07. The van der Waals surface area contributed by atoms with Crippen LogP contribution in [0.5, 0.6) is 5.75 Å². The van der Waals surface area contributed by atoms with Gasteiger partial charge in [0.15, 0.2) is 0 Å². The number of amides is 3. The fraction of sp³-hybridized carbons (Fsp3) is 0.391. The first-order chi connectivity index (χ1) is 13.6. The van der Waals surface area contributed by atoms with Crippen LogP contribution in [-0.2, 0) is 15.7 Å². The second-order valence-corrected chi connectivity index (χ2v) is 8.58. The number of benzene rings is 2. The second-order valence-electron chi connectivity index (χ2n) is 8.58. The first-order valence-electron chi connectivity index (χ1n) is 9.72. The maximum absolute atomic E-state index is 12.9. The van der Waals surface area contributed by atoms with E-state index in [2.05, 4.69) is 26.1 Å². The first kappa shape index (κ1) is 20.9. The molecule has 0 radical (unpaired) electrons. The summed E-state index contributed by atoms with van der Waals surface area (Å²) in [5, 5.41) is 13.1. The third-order valence-electron chi connectivity index (χ3n) is 5.18. The van der Waals surface area contributed by atoms with Crippen molar-refractivity contribution in [1.82, 2.24) is 10.2 Å². The quantitative estimate of drug-likeness (QED) is 0.735. The van der Waals surface area contributed by atoms with Gasteiger partial charge in [0.05, 0.1) is 6.54 Å². The zero-order chi connectivity index (χ0) is 21.2. The summed E-state index contributed by atoms with van der Waals surface area (Å²) in [6.07, 6.45) is -0.995. The largest absolute Gasteiger partial charge is 0.491 e. The molecule has 0 aliphatic carbocycles. The Hall–Kier alpha value is -2.86. The summed E-state index contributed by atoms with van der Waals surface area (Å²) in [5.74, 6) is 0.241. The summed E-state index contributed by atoms with van der Waals surface area (Å²) in [6.45, 7) is 7.92. The molecule has 0 saturated carbocycles. The number of hydrogen-bond donors (Lipinski definition) is 2. The van der Waals surface area contributed by atoms with Crippen LogP contribution in [0.4, 0.5) is 4.79 Å². The summed E-state index contributed by atoms with van der Waals surface area (Å²) in [6, 6.07) is 16.2. The van der Waals surface area contributed by atoms with E-state index in [1.54, 1.807) is 19.1 Å². The number of hydrogen-bond acceptors (Lipinski definition) is 4. The number of carbonyl (C=O) groups excluding carboxylic acids is 2. The highest BCUT2D eigenvalue weighted by Gasteiger charge is 2.49. The second kappa shape index (κ2) is 7.87. The molecule has 2 unspecified atom stereocenters. The van der Waals surface area contributed by atoms with Crippen molar-refractivity contribution >= 4 is 11.9 Å². The molecule has 1 aliphatic rings. The Morgan fingerprint density at radius 1 is 1.07 bits per heavy atom. The van der Waals surface area contributed by atoms with Crippen LogP contribution in [0.2, 0.25) is 0 Å². The number of rotatable bonds is 6. The van der Waals surface area contributed by atoms with Gasteiger partial charge in [-0.25, -0.2) is 4.79 Å². The molecule has 0 bridgehead atoms. The third-order valence-corrected chi connectivity index (χ3v) is 5.18. The minimum atomic E-state index is -1.14. The van der Waals surface area contributed by atoms with Crippen molar-refractivity contribution in [2.45, 2.75) is 44.8 Å². The van der Waals surface area contributed by atoms with Crippen molar-refractivity contribution in [3.05, 3.63) is 65.7 Å². The summed E-state index contributed by atoms with van der Waals surface area (Å²) in [4.78, 5) is 26.3. The van der Waals surface area contributed by atoms with Gasteiger partial charge in [0.1, 0.15) is 24.0 Å². The predicted octanol–water partition coefficient (Wildman–Crippen LogP) is 3.19. The first-order valence-corrected chi connectivity index (χ1v) is 9.72. The minimum Gasteiger partial charge on any atom is -0.491 e. The molecule has 2 aromatic rings. The molecule has 2 atom stereocenters. The minimum absolute atomic E-state index is 0.0199. The van der Waals surface area contributed by atoms with E-state index in [9.17, 15) is 14.7 Å². The van der Waals surface area contributed by atoms with Gasteiger partial charge in [-0.05, 0) is 35.6 Å². The van der Waals surface area contributed by atoms with E-state index in [0.29, 0.717) is 11.3 Å². The van der Waals surface area contributed by atoms with Crippen LogP contribution in [-0.4, -0.2) is 41.2 Å². The summed E-state index contributed by atoms with van der Waals surface area (Å²) < 4.78 is 5.63. The van der Waals surface area contributed by atoms with Gasteiger partial charge in [-0.15, -0.1) is 0 Å². The van der Waals surface area contributed by atoms with Crippen molar-refractivity contribution < 1.29 is 19.4 Å². The molecule has 0 spiro atoms. The van der Waals surface area contributed by atoms with E-state index in [-0.39, 0.29) is 24.5 Å². The highest BCUT2D eigenvalue weighted by Crippen LogP contribution is 2.29. The number of nitrogens with one attached hydrogen (secondary N) is 1. The van der Waals surface area contributed by atoms with E-state index >= 15 is 0 Å². The number of β-amino-alcohol motifs (C(OH)–C–C–N with tert-alkyl or cyclic N) is 1. The predicted molar refractivity (Wildman–Crippen MR) is 111 cm³/mol. The number of nitrogens with zero attached hydrogens (tertiary/aromatic N) is 1. The van der Waals surface area contributed by atoms with E-state index < -0.39 is 17.7 Å². The molecule has 3 rings (SSSR count). The van der Waals surface area contributed by atoms with Crippen molar-refractivity contribution in [2.75, 3.05) is 13.2 Å². The molecular weight excluding hydrogens is 368 g/mol. The lowest BCUT2D eigenvalue weighted by molar-refractivity contribution is -0.132. The van der Waals surface area contributed by atoms with Gasteiger partial charge in [-0.2, -0.15) is 0 Å². The van der Waals surface area contributed by atoms with Crippen molar-refractivity contribution in [1.29, 1.82) is 0 Å². The molecule has 2 N–H and O–H groups in total. The lowest BCUT2D eigenvalue weighted by atomic mass is 9.87. The monoisotopic (exact) mass is 396 g/mol. The zero-order valence-electron chi connectivity index (χ0n) is 17.3. The topological polar surface area (TPSA) is 78.9 Å². The molecule has 154 valence electrons. The van der Waals surface area contributed by atoms with Gasteiger partial charge >= 0.3 is 6.03 Å². The number of imide groups is 1. The Kier molecular flexibility index (Phi) is 5.66. The normalized spacial score (nSPS) is 20.5. The average Bonchev–Trinajstić information content (AvgIpc) is 2.91. The fourth-order valence-electron chi connectivity index (χ4n) is 3.34. The molecule has 6 nitrogen and oxygen atoms in total. The maximum atomic E-state index is 12.9. The Balaban J connectivity index is 1.60. The molecular formula is C23H28N2O4. The van der Waals surface area contributed by atoms with Gasteiger partial charge < -0.3 is 15.2 Å². The Labute approximate surface area is 171 Å². The van der Waals surface area contributed by atoms with E-state index in [1.807, 2.05) is 42.5 Å². The van der Waals surface area contributed by atoms with Gasteiger partial charge in [0.2, 0.25) is 0 Å². The lowest BCUT2D eigenvalue weighted by Crippen LogP contribution is -2.42. The Morgan fingerprint density at radius 3 is 2.28 bits per heavy atom. The third kappa shape index (κ3) is 4.43. The summed E-state index contributed by atoms with van der Waals surface area (Å²) >= 11 is 0. The Morgan fingerprint density at radius 2 is 1.69 bits per heavy atom. The molecule has 6 heteroatoms. The van der Waals surface area contributed by atoms with Crippen LogP contribution >= 0.6 is 0 Å². The molecule has 1 aliphatic heterocycles. The lowest BCUT2D eigenvalue weighted by Gasteiger charge is -2.23. The fourth-order valence-corrected chi connectivity index (χ4v) is 3.34. The maximum Gasteiger partial charge on any atom is 0.325 e. The van der Waals surface area contributed by atoms with Crippen LogP contribution in [0.25, 0.3) is 0 Å². The molecule has 0 aromatic heterocycles. The van der Waals surface area contributed by atoms with Gasteiger partial charge in [0.25, 0.3) is 5.91 Å². The molecule has 1 fully saturated rings. The van der Waals surface area contributed by atoms with Crippen LogP contribution in [0.15, 0.2) is 54.6 Å². The van der Waals surface area contributed by atoms with E-state index in [1.165, 1.54) is 5.56 Å². The summed E-state index contributed by atoms with van der Waals surface area (Å²) in [5.41, 5.74) is 0.796. The van der Waals surface area contributed by atoms with Crippen molar-refractivity contribution in [2.24, 2.45) is 0 Å². The van der Waals surface area contributed by atoms with E-state index in [4.69, 9.17) is 4.74 Å². The standard InChI is InChI=1S/C23H28N2O4/c1-22(2,3)16-10-12-19(13-11-16)29-15-18(26)14-25-20(27)23(4,24-21(25)28)17-8-6-5-7-9-17/h5-13,18,26H,14-15H2,1-4H3,(H,24,28). The molecule has 2 aromatic carbocycles. The SMILES string of the molecule is CC(C)(C)c1ccc(OCC(O)CN2C(=O)NC(C)(c3ccccc3)C2=O)cc1. The van der Waals surface area contributed by atoms with Crippen molar-refractivity contribution in [3.8, 4) is 5.75 Å². The van der Waals surface area contributed by atoms with Gasteiger partial charge in [-0.3, -0.25) is 9.69 Å². The van der Waals surface area contributed by atoms with Gasteiger partial charge in [0, 0.05) is 0 Å². The van der Waals surface area contributed by atoms with Crippen LogP contribution in [0, 0.1) is 0 Å². The summed E-state index contributed by atoms with van der Waals surface area (Å²) in [7, 11) is 0. The van der Waals surface area contributed by atoms with Crippen molar-refractivity contribution in [3.63, 3.8) is 0 Å². The Bertz CT molecular complexity index is 874. The number of aliphatic hydroxyl groups excluding tert-OH is 1. The molecule has 1 saturated heterocycles. The number of aliphatic hydroxyl groups is 1. The molecule has 1 heterocycles.